The molecular weight excluding hydrogens is 320 g/mol. The van der Waals surface area contributed by atoms with Crippen molar-refractivity contribution in [3.63, 3.8) is 0 Å². The maximum absolute atomic E-state index is 13.0. The van der Waals surface area contributed by atoms with Crippen molar-refractivity contribution >= 4 is 5.78 Å². The summed E-state index contributed by atoms with van der Waals surface area (Å²) in [6, 6.07) is 2.23. The first-order valence-corrected chi connectivity index (χ1v) is 8.94. The van der Waals surface area contributed by atoms with E-state index in [4.69, 9.17) is 19.9 Å². The van der Waals surface area contributed by atoms with Gasteiger partial charge in [0.15, 0.2) is 11.6 Å². The zero-order chi connectivity index (χ0) is 17.9. The number of allylic oxidation sites excluding steroid dienone is 3. The van der Waals surface area contributed by atoms with E-state index in [1.165, 1.54) is 0 Å². The topological polar surface area (TPSA) is 94.6 Å². The SMILES string of the molecule is CC1(C)CC(=O)C2=C(C1)OC(N)=C(C#N)C21CCC2(CC1)OCCO2. The van der Waals surface area contributed by atoms with Crippen LogP contribution in [0.4, 0.5) is 0 Å². The Labute approximate surface area is 147 Å². The summed E-state index contributed by atoms with van der Waals surface area (Å²) in [6.07, 6.45) is 3.66. The minimum atomic E-state index is -0.652. The van der Waals surface area contributed by atoms with Gasteiger partial charge in [0.1, 0.15) is 17.4 Å². The fourth-order valence-corrected chi connectivity index (χ4v) is 4.93. The number of nitriles is 1. The molecule has 4 rings (SSSR count). The number of nitrogens with two attached hydrogens (primary N) is 1. The minimum Gasteiger partial charge on any atom is -0.444 e. The first-order chi connectivity index (χ1) is 11.8. The molecule has 134 valence electrons. The van der Waals surface area contributed by atoms with Gasteiger partial charge >= 0.3 is 0 Å². The average molecular weight is 344 g/mol. The van der Waals surface area contributed by atoms with Crippen LogP contribution in [0.25, 0.3) is 0 Å². The molecule has 0 amide bonds. The molecule has 1 saturated heterocycles. The Balaban J connectivity index is 1.77. The molecule has 0 radical (unpaired) electrons. The summed E-state index contributed by atoms with van der Waals surface area (Å²) in [5.41, 5.74) is 6.37. The fourth-order valence-electron chi connectivity index (χ4n) is 4.93. The number of nitrogens with zero attached hydrogens (tertiary/aromatic N) is 1. The molecule has 0 bridgehead atoms. The van der Waals surface area contributed by atoms with Gasteiger partial charge < -0.3 is 19.9 Å². The van der Waals surface area contributed by atoms with Crippen LogP contribution in [0.2, 0.25) is 0 Å². The lowest BCUT2D eigenvalue weighted by molar-refractivity contribution is -0.187. The highest BCUT2D eigenvalue weighted by molar-refractivity contribution is 5.99. The third-order valence-electron chi connectivity index (χ3n) is 6.06. The van der Waals surface area contributed by atoms with Gasteiger partial charge in [0, 0.05) is 36.7 Å². The normalized spacial score (nSPS) is 29.6. The van der Waals surface area contributed by atoms with Gasteiger partial charge in [-0.1, -0.05) is 13.8 Å². The summed E-state index contributed by atoms with van der Waals surface area (Å²) < 4.78 is 17.4. The summed E-state index contributed by atoms with van der Waals surface area (Å²) >= 11 is 0. The zero-order valence-corrected chi connectivity index (χ0v) is 14.8. The van der Waals surface area contributed by atoms with Gasteiger partial charge in [0.05, 0.1) is 13.2 Å². The second-order valence-electron chi connectivity index (χ2n) is 8.38. The largest absolute Gasteiger partial charge is 0.444 e. The smallest absolute Gasteiger partial charge is 0.205 e. The second kappa shape index (κ2) is 5.33. The molecule has 0 aromatic rings. The standard InChI is InChI=1S/C19H24N2O4/c1-17(2)9-13(22)15-14(10-17)25-16(21)12(11-20)18(15)3-5-19(6-4-18)23-7-8-24-19/h3-10,21H2,1-2H3. The molecule has 25 heavy (non-hydrogen) atoms. The van der Waals surface area contributed by atoms with Crippen LogP contribution in [-0.4, -0.2) is 24.8 Å². The molecule has 2 N–H and O–H groups in total. The highest BCUT2D eigenvalue weighted by Crippen LogP contribution is 2.58. The summed E-state index contributed by atoms with van der Waals surface area (Å²) in [5, 5.41) is 9.75. The van der Waals surface area contributed by atoms with Crippen LogP contribution in [-0.2, 0) is 19.0 Å². The molecular formula is C19H24N2O4. The zero-order valence-electron chi connectivity index (χ0n) is 14.8. The Kier molecular flexibility index (Phi) is 3.54. The fraction of sp³-hybridized carbons (Fsp3) is 0.684. The molecule has 2 heterocycles. The Bertz CT molecular complexity index is 725. The highest BCUT2D eigenvalue weighted by atomic mass is 16.7. The van der Waals surface area contributed by atoms with Gasteiger partial charge in [-0.05, 0) is 18.3 Å². The van der Waals surface area contributed by atoms with E-state index in [1.807, 2.05) is 0 Å². The number of ketones is 1. The molecule has 0 aromatic heterocycles. The summed E-state index contributed by atoms with van der Waals surface area (Å²) in [6.45, 7) is 5.31. The Morgan fingerprint density at radius 3 is 2.32 bits per heavy atom. The number of hydrogen-bond donors (Lipinski definition) is 1. The Morgan fingerprint density at radius 1 is 1.08 bits per heavy atom. The predicted octanol–water partition coefficient (Wildman–Crippen LogP) is 2.66. The van der Waals surface area contributed by atoms with Crippen molar-refractivity contribution in [2.24, 2.45) is 16.6 Å². The third-order valence-corrected chi connectivity index (χ3v) is 6.06. The molecule has 6 heteroatoms. The van der Waals surface area contributed by atoms with E-state index >= 15 is 0 Å². The molecule has 4 aliphatic rings. The van der Waals surface area contributed by atoms with Gasteiger partial charge in [0.25, 0.3) is 0 Å². The monoisotopic (exact) mass is 344 g/mol. The molecule has 2 aliphatic carbocycles. The number of carbonyl (C=O) groups excluding carboxylic acids is 1. The number of Topliss-reactive ketones (excluding diaryl/α,β-unsaturated/α-hetero) is 1. The predicted molar refractivity (Wildman–Crippen MR) is 88.5 cm³/mol. The van der Waals surface area contributed by atoms with Crippen LogP contribution in [0, 0.1) is 22.2 Å². The number of hydrogen-bond acceptors (Lipinski definition) is 6. The molecule has 0 unspecified atom stereocenters. The van der Waals surface area contributed by atoms with E-state index in [1.54, 1.807) is 0 Å². The number of ether oxygens (including phenoxy) is 3. The quantitative estimate of drug-likeness (QED) is 0.726. The van der Waals surface area contributed by atoms with Gasteiger partial charge in [-0.2, -0.15) is 5.26 Å². The van der Waals surface area contributed by atoms with Gasteiger partial charge in [-0.15, -0.1) is 0 Å². The maximum atomic E-state index is 13.0. The number of rotatable bonds is 0. The lowest BCUT2D eigenvalue weighted by atomic mass is 9.58. The number of fused-ring (bicyclic) bond motifs is 1. The van der Waals surface area contributed by atoms with Crippen LogP contribution in [0.15, 0.2) is 22.8 Å². The van der Waals surface area contributed by atoms with E-state index in [-0.39, 0.29) is 17.1 Å². The van der Waals surface area contributed by atoms with E-state index in [9.17, 15) is 10.1 Å². The van der Waals surface area contributed by atoms with Gasteiger partial charge in [-0.3, -0.25) is 4.79 Å². The average Bonchev–Trinajstić information content (AvgIpc) is 2.97. The van der Waals surface area contributed by atoms with E-state index in [0.717, 1.165) is 0 Å². The third kappa shape index (κ3) is 2.41. The van der Waals surface area contributed by atoms with Gasteiger partial charge in [-0.25, -0.2) is 0 Å². The Morgan fingerprint density at radius 2 is 1.72 bits per heavy atom. The number of carbonyl (C=O) groups is 1. The maximum Gasteiger partial charge on any atom is 0.205 e. The van der Waals surface area contributed by atoms with E-state index < -0.39 is 11.2 Å². The van der Waals surface area contributed by atoms with Crippen molar-refractivity contribution < 1.29 is 19.0 Å². The van der Waals surface area contributed by atoms with Crippen molar-refractivity contribution in [2.75, 3.05) is 13.2 Å². The molecule has 2 fully saturated rings. The van der Waals surface area contributed by atoms with Crippen molar-refractivity contribution in [3.8, 4) is 6.07 Å². The molecule has 2 spiro atoms. The van der Waals surface area contributed by atoms with Crippen molar-refractivity contribution in [3.05, 3.63) is 22.8 Å². The van der Waals surface area contributed by atoms with E-state index in [0.29, 0.717) is 68.6 Å². The van der Waals surface area contributed by atoms with Crippen LogP contribution in [0.1, 0.15) is 52.4 Å². The first-order valence-electron chi connectivity index (χ1n) is 8.94. The van der Waals surface area contributed by atoms with Crippen molar-refractivity contribution in [1.29, 1.82) is 5.26 Å². The lowest BCUT2D eigenvalue weighted by Crippen LogP contribution is -2.47. The summed E-state index contributed by atoms with van der Waals surface area (Å²) in [7, 11) is 0. The lowest BCUT2D eigenvalue weighted by Gasteiger charge is -2.48. The highest BCUT2D eigenvalue weighted by Gasteiger charge is 2.56. The Hall–Kier alpha value is -1.84. The minimum absolute atomic E-state index is 0.0794. The molecule has 1 saturated carbocycles. The second-order valence-corrected chi connectivity index (χ2v) is 8.38. The van der Waals surface area contributed by atoms with Crippen LogP contribution < -0.4 is 5.73 Å². The first kappa shape index (κ1) is 16.6. The van der Waals surface area contributed by atoms with Crippen LogP contribution in [0.3, 0.4) is 0 Å². The van der Waals surface area contributed by atoms with Gasteiger partial charge in [0.2, 0.25) is 5.88 Å². The van der Waals surface area contributed by atoms with Crippen molar-refractivity contribution in [1.82, 2.24) is 0 Å². The molecule has 2 aliphatic heterocycles. The summed E-state index contributed by atoms with van der Waals surface area (Å²) in [4.78, 5) is 13.0. The van der Waals surface area contributed by atoms with Crippen molar-refractivity contribution in [2.45, 2.75) is 58.2 Å². The van der Waals surface area contributed by atoms with E-state index in [2.05, 4.69) is 19.9 Å². The molecule has 6 nitrogen and oxygen atoms in total. The summed E-state index contributed by atoms with van der Waals surface area (Å²) in [5.74, 6) is 0.324. The van der Waals surface area contributed by atoms with Crippen LogP contribution in [0.5, 0.6) is 0 Å². The molecule has 0 aromatic carbocycles. The molecule has 0 atom stereocenters. The van der Waals surface area contributed by atoms with Crippen LogP contribution >= 0.6 is 0 Å².